The number of hydrogen-bond donors (Lipinski definition) is 1. The Morgan fingerprint density at radius 2 is 1.84 bits per heavy atom. The number of likely N-dealkylation sites (tertiary alicyclic amines) is 1. The SMILES string of the molecule is O=C(NCc1cccnc1OC1CCCC1)c1ccccc1SCC(=O)N1CCCC1. The molecule has 1 N–H and O–H groups in total. The number of nitrogens with zero attached hydrogens (tertiary/aromatic N) is 2. The first-order valence-corrected chi connectivity index (χ1v) is 12.1. The number of hydrogen-bond acceptors (Lipinski definition) is 5. The van der Waals surface area contributed by atoms with Gasteiger partial charge in [-0.05, 0) is 56.7 Å². The van der Waals surface area contributed by atoms with Gasteiger partial charge in [-0.1, -0.05) is 18.2 Å². The van der Waals surface area contributed by atoms with Crippen molar-refractivity contribution < 1.29 is 14.3 Å². The van der Waals surface area contributed by atoms with Crippen molar-refractivity contribution in [2.75, 3.05) is 18.8 Å². The lowest BCUT2D eigenvalue weighted by Crippen LogP contribution is -2.29. The van der Waals surface area contributed by atoms with Crippen LogP contribution in [0.5, 0.6) is 5.88 Å². The fourth-order valence-electron chi connectivity index (χ4n) is 4.08. The molecular weight excluding hydrogens is 410 g/mol. The van der Waals surface area contributed by atoms with Crippen LogP contribution in [0.1, 0.15) is 54.4 Å². The molecule has 2 fully saturated rings. The molecule has 2 heterocycles. The van der Waals surface area contributed by atoms with Crippen molar-refractivity contribution >= 4 is 23.6 Å². The fraction of sp³-hybridized carbons (Fsp3) is 0.458. The van der Waals surface area contributed by atoms with Gasteiger partial charge < -0.3 is 15.0 Å². The molecule has 0 spiro atoms. The minimum atomic E-state index is -0.160. The summed E-state index contributed by atoms with van der Waals surface area (Å²) in [5, 5.41) is 3.00. The predicted octanol–water partition coefficient (Wildman–Crippen LogP) is 4.05. The van der Waals surface area contributed by atoms with E-state index in [2.05, 4.69) is 10.3 Å². The van der Waals surface area contributed by atoms with E-state index < -0.39 is 0 Å². The average molecular weight is 440 g/mol. The topological polar surface area (TPSA) is 71.5 Å². The summed E-state index contributed by atoms with van der Waals surface area (Å²) >= 11 is 1.43. The van der Waals surface area contributed by atoms with E-state index in [-0.39, 0.29) is 17.9 Å². The van der Waals surface area contributed by atoms with Crippen molar-refractivity contribution in [3.63, 3.8) is 0 Å². The molecule has 0 bridgehead atoms. The predicted molar refractivity (Wildman–Crippen MR) is 121 cm³/mol. The van der Waals surface area contributed by atoms with E-state index in [0.717, 1.165) is 49.2 Å². The van der Waals surface area contributed by atoms with Gasteiger partial charge in [0, 0.05) is 36.3 Å². The molecule has 4 rings (SSSR count). The average Bonchev–Trinajstić information content (AvgIpc) is 3.51. The Morgan fingerprint density at radius 1 is 1.06 bits per heavy atom. The van der Waals surface area contributed by atoms with Crippen molar-refractivity contribution in [3.8, 4) is 5.88 Å². The normalized spacial score (nSPS) is 16.5. The number of nitrogens with one attached hydrogen (secondary N) is 1. The number of amides is 2. The van der Waals surface area contributed by atoms with E-state index in [0.29, 0.717) is 23.7 Å². The summed E-state index contributed by atoms with van der Waals surface area (Å²) in [6, 6.07) is 11.2. The Hall–Kier alpha value is -2.54. The highest BCUT2D eigenvalue weighted by Gasteiger charge is 2.21. The van der Waals surface area contributed by atoms with Gasteiger partial charge in [0.05, 0.1) is 11.3 Å². The smallest absolute Gasteiger partial charge is 0.252 e. The van der Waals surface area contributed by atoms with Gasteiger partial charge in [-0.3, -0.25) is 9.59 Å². The molecule has 1 saturated heterocycles. The zero-order valence-corrected chi connectivity index (χ0v) is 18.5. The maximum atomic E-state index is 12.9. The van der Waals surface area contributed by atoms with Crippen LogP contribution in [-0.2, 0) is 11.3 Å². The number of ether oxygens (including phenoxy) is 1. The first-order valence-electron chi connectivity index (χ1n) is 11.1. The molecule has 1 aliphatic carbocycles. The van der Waals surface area contributed by atoms with E-state index in [1.165, 1.54) is 24.6 Å². The van der Waals surface area contributed by atoms with E-state index in [9.17, 15) is 9.59 Å². The van der Waals surface area contributed by atoms with Crippen molar-refractivity contribution in [1.82, 2.24) is 15.2 Å². The summed E-state index contributed by atoms with van der Waals surface area (Å²) in [4.78, 5) is 32.4. The van der Waals surface area contributed by atoms with Gasteiger partial charge in [0.2, 0.25) is 11.8 Å². The second-order valence-electron chi connectivity index (χ2n) is 8.05. The van der Waals surface area contributed by atoms with Crippen LogP contribution in [0.2, 0.25) is 0 Å². The maximum absolute atomic E-state index is 12.9. The molecule has 2 aromatic rings. The Balaban J connectivity index is 1.36. The summed E-state index contributed by atoms with van der Waals surface area (Å²) in [5.41, 5.74) is 1.46. The summed E-state index contributed by atoms with van der Waals surface area (Å²) < 4.78 is 6.07. The van der Waals surface area contributed by atoms with Gasteiger partial charge in [-0.2, -0.15) is 0 Å². The summed E-state index contributed by atoms with van der Waals surface area (Å²) in [7, 11) is 0. The number of aromatic nitrogens is 1. The van der Waals surface area contributed by atoms with E-state index in [1.54, 1.807) is 12.3 Å². The third-order valence-electron chi connectivity index (χ3n) is 5.81. The van der Waals surface area contributed by atoms with Gasteiger partial charge in [-0.15, -0.1) is 11.8 Å². The third kappa shape index (κ3) is 5.79. The van der Waals surface area contributed by atoms with Crippen LogP contribution < -0.4 is 10.1 Å². The van der Waals surface area contributed by atoms with Crippen LogP contribution in [0.25, 0.3) is 0 Å². The highest BCUT2D eigenvalue weighted by molar-refractivity contribution is 8.00. The molecule has 2 aliphatic rings. The molecule has 31 heavy (non-hydrogen) atoms. The van der Waals surface area contributed by atoms with Crippen LogP contribution in [-0.4, -0.2) is 46.6 Å². The molecule has 0 radical (unpaired) electrons. The van der Waals surface area contributed by atoms with Crippen LogP contribution >= 0.6 is 11.8 Å². The number of carbonyl (C=O) groups is 2. The number of rotatable bonds is 8. The second kappa shape index (κ2) is 10.7. The highest BCUT2D eigenvalue weighted by atomic mass is 32.2. The van der Waals surface area contributed by atoms with Crippen molar-refractivity contribution in [2.45, 2.75) is 56.1 Å². The molecule has 1 aromatic carbocycles. The largest absolute Gasteiger partial charge is 0.474 e. The Morgan fingerprint density at radius 3 is 2.65 bits per heavy atom. The molecule has 1 saturated carbocycles. The van der Waals surface area contributed by atoms with Gasteiger partial charge in [0.15, 0.2) is 0 Å². The van der Waals surface area contributed by atoms with Crippen LogP contribution in [0, 0.1) is 0 Å². The Labute approximate surface area is 187 Å². The highest BCUT2D eigenvalue weighted by Crippen LogP contribution is 2.26. The molecule has 2 amide bonds. The first kappa shape index (κ1) is 21.7. The zero-order chi connectivity index (χ0) is 21.5. The van der Waals surface area contributed by atoms with Gasteiger partial charge >= 0.3 is 0 Å². The molecular formula is C24H29N3O3S. The molecule has 0 unspecified atom stereocenters. The van der Waals surface area contributed by atoms with Crippen LogP contribution in [0.4, 0.5) is 0 Å². The van der Waals surface area contributed by atoms with Crippen molar-refractivity contribution in [2.24, 2.45) is 0 Å². The lowest BCUT2D eigenvalue weighted by Gasteiger charge is -2.16. The summed E-state index contributed by atoms with van der Waals surface area (Å²) in [5.74, 6) is 0.939. The van der Waals surface area contributed by atoms with E-state index >= 15 is 0 Å². The summed E-state index contributed by atoms with van der Waals surface area (Å²) in [6.45, 7) is 2.04. The minimum Gasteiger partial charge on any atom is -0.474 e. The number of pyridine rings is 1. The Bertz CT molecular complexity index is 908. The van der Waals surface area contributed by atoms with E-state index in [1.807, 2.05) is 35.2 Å². The molecule has 164 valence electrons. The minimum absolute atomic E-state index is 0.141. The Kier molecular flexibility index (Phi) is 7.46. The van der Waals surface area contributed by atoms with Gasteiger partial charge in [0.25, 0.3) is 5.91 Å². The standard InChI is InChI=1S/C24H29N3O3S/c28-22(27-14-5-6-15-27)17-31-21-12-4-3-11-20(21)23(29)26-16-18-8-7-13-25-24(18)30-19-9-1-2-10-19/h3-4,7-8,11-13,19H,1-2,5-6,9-10,14-17H2,(H,26,29). The fourth-order valence-corrected chi connectivity index (χ4v) is 5.03. The number of thioether (sulfide) groups is 1. The maximum Gasteiger partial charge on any atom is 0.252 e. The molecule has 6 nitrogen and oxygen atoms in total. The number of benzene rings is 1. The lowest BCUT2D eigenvalue weighted by atomic mass is 10.2. The van der Waals surface area contributed by atoms with Crippen LogP contribution in [0.3, 0.4) is 0 Å². The lowest BCUT2D eigenvalue weighted by molar-refractivity contribution is -0.127. The quantitative estimate of drug-likeness (QED) is 0.629. The molecule has 0 atom stereocenters. The van der Waals surface area contributed by atoms with Crippen LogP contribution in [0.15, 0.2) is 47.5 Å². The molecule has 1 aliphatic heterocycles. The summed E-state index contributed by atoms with van der Waals surface area (Å²) in [6.07, 6.45) is 8.60. The van der Waals surface area contributed by atoms with Crippen molar-refractivity contribution in [1.29, 1.82) is 0 Å². The van der Waals surface area contributed by atoms with E-state index in [4.69, 9.17) is 4.74 Å². The first-order chi connectivity index (χ1) is 15.2. The van der Waals surface area contributed by atoms with Crippen molar-refractivity contribution in [3.05, 3.63) is 53.7 Å². The van der Waals surface area contributed by atoms with Gasteiger partial charge in [0.1, 0.15) is 6.10 Å². The third-order valence-corrected chi connectivity index (χ3v) is 6.87. The zero-order valence-electron chi connectivity index (χ0n) is 17.7. The van der Waals surface area contributed by atoms with Gasteiger partial charge in [-0.25, -0.2) is 4.98 Å². The molecule has 1 aromatic heterocycles. The number of carbonyl (C=O) groups excluding carboxylic acids is 2. The monoisotopic (exact) mass is 439 g/mol. The second-order valence-corrected chi connectivity index (χ2v) is 9.06. The molecule has 7 heteroatoms.